The monoisotopic (exact) mass is 219 g/mol. The van der Waals surface area contributed by atoms with Gasteiger partial charge in [0.1, 0.15) is 5.76 Å². The molecule has 0 saturated carbocycles. The van der Waals surface area contributed by atoms with Gasteiger partial charge < -0.3 is 9.73 Å². The molecule has 1 atom stereocenters. The van der Waals surface area contributed by atoms with E-state index in [4.69, 9.17) is 4.42 Å². The average molecular weight is 219 g/mol. The van der Waals surface area contributed by atoms with Crippen molar-refractivity contribution < 1.29 is 4.42 Å². The van der Waals surface area contributed by atoms with Crippen molar-refractivity contribution in [2.45, 2.75) is 45.1 Å². The maximum atomic E-state index is 5.54. The molecule has 1 aliphatic carbocycles. The number of rotatable bonds is 5. The van der Waals surface area contributed by atoms with E-state index in [2.05, 4.69) is 24.4 Å². The predicted molar refractivity (Wildman–Crippen MR) is 66.3 cm³/mol. The quantitative estimate of drug-likeness (QED) is 0.761. The Hall–Kier alpha value is -1.02. The lowest BCUT2D eigenvalue weighted by molar-refractivity contribution is 0.430. The van der Waals surface area contributed by atoms with Crippen LogP contribution in [0, 0.1) is 0 Å². The topological polar surface area (TPSA) is 25.2 Å². The lowest BCUT2D eigenvalue weighted by Gasteiger charge is -2.22. The molecule has 1 aliphatic rings. The zero-order valence-corrected chi connectivity index (χ0v) is 10.0. The summed E-state index contributed by atoms with van der Waals surface area (Å²) < 4.78 is 5.54. The first kappa shape index (κ1) is 11.5. The third kappa shape index (κ3) is 2.76. The molecule has 16 heavy (non-hydrogen) atoms. The lowest BCUT2D eigenvalue weighted by atomic mass is 9.92. The van der Waals surface area contributed by atoms with Gasteiger partial charge >= 0.3 is 0 Å². The molecule has 0 bridgehead atoms. The van der Waals surface area contributed by atoms with Gasteiger partial charge in [0.05, 0.1) is 12.3 Å². The van der Waals surface area contributed by atoms with Gasteiger partial charge in [0, 0.05) is 0 Å². The van der Waals surface area contributed by atoms with Gasteiger partial charge in [-0.05, 0) is 56.4 Å². The van der Waals surface area contributed by atoms with E-state index in [1.54, 1.807) is 6.26 Å². The van der Waals surface area contributed by atoms with Gasteiger partial charge in [0.2, 0.25) is 0 Å². The van der Waals surface area contributed by atoms with Crippen molar-refractivity contribution in [3.8, 4) is 0 Å². The number of hydrogen-bond donors (Lipinski definition) is 1. The second-order valence-corrected chi connectivity index (χ2v) is 4.43. The zero-order chi connectivity index (χ0) is 11.2. The Bertz CT molecular complexity index is 327. The zero-order valence-electron chi connectivity index (χ0n) is 10.0. The molecule has 0 aliphatic heterocycles. The van der Waals surface area contributed by atoms with Crippen LogP contribution in [0.25, 0.3) is 0 Å². The van der Waals surface area contributed by atoms with E-state index in [1.165, 1.54) is 31.3 Å². The molecule has 0 fully saturated rings. The molecule has 2 heteroatoms. The van der Waals surface area contributed by atoms with Crippen LogP contribution in [0.2, 0.25) is 0 Å². The SMILES string of the molecule is CCCNC(C1=CCCCC1)c1ccco1. The Morgan fingerprint density at radius 2 is 2.38 bits per heavy atom. The predicted octanol–water partition coefficient (Wildman–Crippen LogP) is 3.82. The van der Waals surface area contributed by atoms with Gasteiger partial charge in [0.15, 0.2) is 0 Å². The van der Waals surface area contributed by atoms with Gasteiger partial charge in [-0.25, -0.2) is 0 Å². The Morgan fingerprint density at radius 3 is 3.00 bits per heavy atom. The highest BCUT2D eigenvalue weighted by Gasteiger charge is 2.19. The van der Waals surface area contributed by atoms with Gasteiger partial charge in [-0.15, -0.1) is 0 Å². The maximum Gasteiger partial charge on any atom is 0.124 e. The maximum absolute atomic E-state index is 5.54. The molecule has 0 amide bonds. The van der Waals surface area contributed by atoms with Crippen LogP contribution in [-0.4, -0.2) is 6.54 Å². The van der Waals surface area contributed by atoms with Crippen molar-refractivity contribution >= 4 is 0 Å². The van der Waals surface area contributed by atoms with Gasteiger partial charge in [-0.2, -0.15) is 0 Å². The average Bonchev–Trinajstić information content (AvgIpc) is 2.85. The van der Waals surface area contributed by atoms with Gasteiger partial charge in [-0.3, -0.25) is 0 Å². The molecule has 0 saturated heterocycles. The Balaban J connectivity index is 2.10. The lowest BCUT2D eigenvalue weighted by Crippen LogP contribution is -2.24. The molecule has 1 aromatic rings. The van der Waals surface area contributed by atoms with Gasteiger partial charge in [0.25, 0.3) is 0 Å². The summed E-state index contributed by atoms with van der Waals surface area (Å²) in [5.41, 5.74) is 1.51. The molecule has 2 rings (SSSR count). The molecule has 1 heterocycles. The van der Waals surface area contributed by atoms with Crippen molar-refractivity contribution in [1.82, 2.24) is 5.32 Å². The minimum Gasteiger partial charge on any atom is -0.467 e. The van der Waals surface area contributed by atoms with E-state index in [-0.39, 0.29) is 0 Å². The number of allylic oxidation sites excluding steroid dienone is 1. The van der Waals surface area contributed by atoms with Crippen LogP contribution in [0.5, 0.6) is 0 Å². The minimum atomic E-state index is 0.301. The van der Waals surface area contributed by atoms with Crippen molar-refractivity contribution in [2.24, 2.45) is 0 Å². The van der Waals surface area contributed by atoms with Gasteiger partial charge in [-0.1, -0.05) is 13.0 Å². The van der Waals surface area contributed by atoms with Crippen molar-refractivity contribution in [3.05, 3.63) is 35.8 Å². The fourth-order valence-corrected chi connectivity index (χ4v) is 2.28. The summed E-state index contributed by atoms with van der Waals surface area (Å²) in [6.07, 6.45) is 10.4. The molecule has 0 aromatic carbocycles. The molecule has 88 valence electrons. The van der Waals surface area contributed by atoms with Crippen LogP contribution in [-0.2, 0) is 0 Å². The third-order valence-electron chi connectivity index (χ3n) is 3.12. The molecular formula is C14H21NO. The Kier molecular flexibility index (Phi) is 4.23. The first-order valence-corrected chi connectivity index (χ1v) is 6.37. The highest BCUT2D eigenvalue weighted by Crippen LogP contribution is 2.29. The molecule has 1 N–H and O–H groups in total. The van der Waals surface area contributed by atoms with Crippen LogP contribution in [0.1, 0.15) is 50.8 Å². The smallest absolute Gasteiger partial charge is 0.124 e. The van der Waals surface area contributed by atoms with E-state index in [9.17, 15) is 0 Å². The van der Waals surface area contributed by atoms with Crippen LogP contribution in [0.4, 0.5) is 0 Å². The molecular weight excluding hydrogens is 198 g/mol. The first-order valence-electron chi connectivity index (χ1n) is 6.37. The highest BCUT2D eigenvalue weighted by molar-refractivity contribution is 5.21. The summed E-state index contributed by atoms with van der Waals surface area (Å²) in [5, 5.41) is 3.58. The minimum absolute atomic E-state index is 0.301. The summed E-state index contributed by atoms with van der Waals surface area (Å²) >= 11 is 0. The Labute approximate surface area is 97.7 Å². The van der Waals surface area contributed by atoms with Crippen molar-refractivity contribution in [1.29, 1.82) is 0 Å². The number of nitrogens with one attached hydrogen (secondary N) is 1. The fraction of sp³-hybridized carbons (Fsp3) is 0.571. The number of hydrogen-bond acceptors (Lipinski definition) is 2. The highest BCUT2D eigenvalue weighted by atomic mass is 16.3. The normalized spacial score (nSPS) is 18.2. The standard InChI is InChI=1S/C14H21NO/c1-2-10-15-14(13-9-6-11-16-13)12-7-4-3-5-8-12/h6-7,9,11,14-15H,2-5,8,10H2,1H3. The molecule has 2 nitrogen and oxygen atoms in total. The van der Waals surface area contributed by atoms with E-state index in [1.807, 2.05) is 6.07 Å². The van der Waals surface area contributed by atoms with E-state index >= 15 is 0 Å². The third-order valence-corrected chi connectivity index (χ3v) is 3.12. The first-order chi connectivity index (χ1) is 7.92. The molecule has 0 radical (unpaired) electrons. The summed E-state index contributed by atoms with van der Waals surface area (Å²) in [6, 6.07) is 4.34. The van der Waals surface area contributed by atoms with E-state index < -0.39 is 0 Å². The summed E-state index contributed by atoms with van der Waals surface area (Å²) in [6.45, 7) is 3.24. The van der Waals surface area contributed by atoms with Crippen LogP contribution >= 0.6 is 0 Å². The summed E-state index contributed by atoms with van der Waals surface area (Å²) in [7, 11) is 0. The van der Waals surface area contributed by atoms with Crippen LogP contribution in [0.3, 0.4) is 0 Å². The van der Waals surface area contributed by atoms with Crippen molar-refractivity contribution in [3.63, 3.8) is 0 Å². The summed E-state index contributed by atoms with van der Waals surface area (Å²) in [4.78, 5) is 0. The molecule has 0 spiro atoms. The van der Waals surface area contributed by atoms with Crippen LogP contribution < -0.4 is 5.32 Å². The second kappa shape index (κ2) is 5.90. The van der Waals surface area contributed by atoms with Crippen molar-refractivity contribution in [2.75, 3.05) is 6.54 Å². The Morgan fingerprint density at radius 1 is 1.44 bits per heavy atom. The molecule has 1 aromatic heterocycles. The van der Waals surface area contributed by atoms with Crippen LogP contribution in [0.15, 0.2) is 34.5 Å². The van der Waals surface area contributed by atoms with E-state index in [0.717, 1.165) is 18.7 Å². The summed E-state index contributed by atoms with van der Waals surface area (Å²) in [5.74, 6) is 1.06. The largest absolute Gasteiger partial charge is 0.467 e. The van der Waals surface area contributed by atoms with E-state index in [0.29, 0.717) is 6.04 Å². The second-order valence-electron chi connectivity index (χ2n) is 4.43. The number of furan rings is 1. The molecule has 1 unspecified atom stereocenters. The fourth-order valence-electron chi connectivity index (χ4n) is 2.28.